The van der Waals surface area contributed by atoms with Crippen molar-refractivity contribution in [3.05, 3.63) is 83.9 Å². The van der Waals surface area contributed by atoms with E-state index >= 15 is 0 Å². The van der Waals surface area contributed by atoms with Crippen LogP contribution in [0.3, 0.4) is 0 Å². The van der Waals surface area contributed by atoms with Crippen LogP contribution in [-0.4, -0.2) is 86.3 Å². The van der Waals surface area contributed by atoms with Crippen LogP contribution in [0.5, 0.6) is 17.2 Å². The number of likely N-dealkylation sites (tertiary alicyclic amines) is 1. The Labute approximate surface area is 269 Å². The predicted octanol–water partition coefficient (Wildman–Crippen LogP) is 5.34. The third kappa shape index (κ3) is 6.77. The number of hydrogen-bond acceptors (Lipinski definition) is 8. The van der Waals surface area contributed by atoms with Crippen molar-refractivity contribution in [1.82, 2.24) is 34.2 Å². The first-order valence-corrected chi connectivity index (χ1v) is 15.0. The Morgan fingerprint density at radius 3 is 2.66 bits per heavy atom. The fraction of sp³-hybridized carbons (Fsp3) is 0.303. The van der Waals surface area contributed by atoms with Crippen LogP contribution < -0.4 is 14.8 Å². The summed E-state index contributed by atoms with van der Waals surface area (Å²) in [6.07, 6.45) is 8.34. The summed E-state index contributed by atoms with van der Waals surface area (Å²) >= 11 is 0. The highest BCUT2D eigenvalue weighted by Gasteiger charge is 2.26. The first-order valence-electron chi connectivity index (χ1n) is 15.0. The van der Waals surface area contributed by atoms with Gasteiger partial charge in [-0.05, 0) is 75.3 Å². The fourth-order valence-electron chi connectivity index (χ4n) is 5.64. The molecule has 1 saturated heterocycles. The van der Waals surface area contributed by atoms with E-state index in [4.69, 9.17) is 14.6 Å². The van der Waals surface area contributed by atoms with Crippen LogP contribution >= 0.6 is 0 Å². The molecule has 5 aromatic rings. The van der Waals surface area contributed by atoms with Crippen molar-refractivity contribution in [2.24, 2.45) is 0 Å². The first kappa shape index (κ1) is 31.6. The van der Waals surface area contributed by atoms with Crippen molar-refractivity contribution in [3.63, 3.8) is 0 Å². The number of nitrogens with zero attached hydrogens (tertiary/aromatic N) is 7. The molecule has 6 rings (SSSR count). The number of benzene rings is 2. The lowest BCUT2D eigenvalue weighted by Gasteiger charge is -2.19. The van der Waals surface area contributed by atoms with Gasteiger partial charge in [-0.2, -0.15) is 19.0 Å². The quantitative estimate of drug-likeness (QED) is 0.216. The zero-order chi connectivity index (χ0) is 33.2. The van der Waals surface area contributed by atoms with Gasteiger partial charge in [-0.1, -0.05) is 6.07 Å². The number of hydrogen-bond donors (Lipinski definition) is 1. The lowest BCUT2D eigenvalue weighted by atomic mass is 10.1. The van der Waals surface area contributed by atoms with Crippen LogP contribution in [0, 0.1) is 6.92 Å². The molecule has 0 spiro atoms. The molecule has 1 aliphatic heterocycles. The van der Waals surface area contributed by atoms with E-state index in [1.165, 1.54) is 33.8 Å². The number of ether oxygens (including phenoxy) is 2. The van der Waals surface area contributed by atoms with Crippen LogP contribution in [0.1, 0.15) is 39.1 Å². The Kier molecular flexibility index (Phi) is 8.85. The van der Waals surface area contributed by atoms with Gasteiger partial charge in [0.05, 0.1) is 24.0 Å². The topological polar surface area (TPSA) is 119 Å². The number of carbonyl (C=O) groups excluding carboxylic acids is 2. The molecule has 2 amide bonds. The lowest BCUT2D eigenvalue weighted by Crippen LogP contribution is -2.29. The minimum absolute atomic E-state index is 0.156. The van der Waals surface area contributed by atoms with Crippen molar-refractivity contribution >= 4 is 23.1 Å². The van der Waals surface area contributed by atoms with E-state index in [2.05, 4.69) is 20.3 Å². The van der Waals surface area contributed by atoms with Crippen molar-refractivity contribution < 1.29 is 27.8 Å². The largest absolute Gasteiger partial charge is 0.457 e. The summed E-state index contributed by atoms with van der Waals surface area (Å²) < 4.78 is 41.5. The molecule has 1 atom stereocenters. The van der Waals surface area contributed by atoms with Crippen molar-refractivity contribution in [1.29, 1.82) is 0 Å². The van der Waals surface area contributed by atoms with Crippen LogP contribution in [-0.2, 0) is 6.54 Å². The summed E-state index contributed by atoms with van der Waals surface area (Å²) in [6, 6.07) is 11.4. The SMILES string of the molecule is Cc1ccc(Oc2ccc(OC(F)F)c(-c3nn(C[C@H]4CCCN4C)cc3NC(=O)c3cnn4cccnc34)c2)cc1C(=O)N(C)C. The van der Waals surface area contributed by atoms with Gasteiger partial charge in [-0.25, -0.2) is 9.50 Å². The molecule has 0 aliphatic carbocycles. The highest BCUT2D eigenvalue weighted by atomic mass is 19.3. The number of carbonyl (C=O) groups is 2. The summed E-state index contributed by atoms with van der Waals surface area (Å²) in [7, 11) is 5.37. The third-order valence-electron chi connectivity index (χ3n) is 8.11. The van der Waals surface area contributed by atoms with Gasteiger partial charge < -0.3 is 24.6 Å². The van der Waals surface area contributed by atoms with Gasteiger partial charge in [0.2, 0.25) is 0 Å². The number of aryl methyl sites for hydroxylation is 1. The highest BCUT2D eigenvalue weighted by molar-refractivity contribution is 6.09. The van der Waals surface area contributed by atoms with E-state index in [1.807, 2.05) is 14.0 Å². The Balaban J connectivity index is 1.40. The lowest BCUT2D eigenvalue weighted by molar-refractivity contribution is -0.0495. The number of alkyl halides is 2. The smallest absolute Gasteiger partial charge is 0.387 e. The second kappa shape index (κ2) is 13.2. The molecule has 244 valence electrons. The van der Waals surface area contributed by atoms with Crippen molar-refractivity contribution in [2.75, 3.05) is 33.0 Å². The normalized spacial score (nSPS) is 14.9. The van der Waals surface area contributed by atoms with Gasteiger partial charge in [-0.15, -0.1) is 0 Å². The maximum atomic E-state index is 13.6. The number of likely N-dealkylation sites (N-methyl/N-ethyl adjacent to an activating group) is 1. The van der Waals surface area contributed by atoms with Crippen molar-refractivity contribution in [3.8, 4) is 28.5 Å². The minimum atomic E-state index is -3.12. The fourth-order valence-corrected chi connectivity index (χ4v) is 5.64. The average Bonchev–Trinajstić information content (AvgIpc) is 3.77. The summed E-state index contributed by atoms with van der Waals surface area (Å²) in [5.74, 6) is -0.189. The second-order valence-electron chi connectivity index (χ2n) is 11.6. The summed E-state index contributed by atoms with van der Waals surface area (Å²) in [4.78, 5) is 34.2. The van der Waals surface area contributed by atoms with Crippen LogP contribution in [0.2, 0.25) is 0 Å². The van der Waals surface area contributed by atoms with Gasteiger partial charge in [0, 0.05) is 44.3 Å². The highest BCUT2D eigenvalue weighted by Crippen LogP contribution is 2.39. The van der Waals surface area contributed by atoms with Gasteiger partial charge in [0.1, 0.15) is 28.5 Å². The maximum absolute atomic E-state index is 13.6. The number of nitrogens with one attached hydrogen (secondary N) is 1. The molecule has 1 fully saturated rings. The maximum Gasteiger partial charge on any atom is 0.387 e. The van der Waals surface area contributed by atoms with Crippen LogP contribution in [0.25, 0.3) is 16.9 Å². The molecule has 12 nitrogen and oxygen atoms in total. The molecule has 4 heterocycles. The molecule has 47 heavy (non-hydrogen) atoms. The number of amides is 2. The van der Waals surface area contributed by atoms with Gasteiger partial charge in [0.25, 0.3) is 11.8 Å². The van der Waals surface area contributed by atoms with Crippen molar-refractivity contribution in [2.45, 2.75) is 39.0 Å². The van der Waals surface area contributed by atoms with E-state index < -0.39 is 12.5 Å². The molecule has 3 aromatic heterocycles. The zero-order valence-electron chi connectivity index (χ0n) is 26.4. The molecule has 1 N–H and O–H groups in total. The van der Waals surface area contributed by atoms with E-state index in [9.17, 15) is 18.4 Å². The zero-order valence-corrected chi connectivity index (χ0v) is 26.4. The summed E-state index contributed by atoms with van der Waals surface area (Å²) in [5, 5.41) is 11.9. The minimum Gasteiger partial charge on any atom is -0.457 e. The molecular formula is C33H34F2N8O4. The number of fused-ring (bicyclic) bond motifs is 1. The Morgan fingerprint density at radius 1 is 1.13 bits per heavy atom. The first-order chi connectivity index (χ1) is 22.6. The van der Waals surface area contributed by atoms with Gasteiger partial charge >= 0.3 is 6.61 Å². The average molecular weight is 645 g/mol. The number of rotatable bonds is 10. The van der Waals surface area contributed by atoms with E-state index in [-0.39, 0.29) is 46.0 Å². The van der Waals surface area contributed by atoms with Gasteiger partial charge in [-0.3, -0.25) is 14.3 Å². The second-order valence-corrected chi connectivity index (χ2v) is 11.6. The molecule has 0 radical (unpaired) electrons. The molecule has 2 aromatic carbocycles. The predicted molar refractivity (Wildman–Crippen MR) is 170 cm³/mol. The Morgan fingerprint density at radius 2 is 1.91 bits per heavy atom. The van der Waals surface area contributed by atoms with E-state index in [0.29, 0.717) is 23.5 Å². The summed E-state index contributed by atoms with van der Waals surface area (Å²) in [5.41, 5.74) is 2.47. The standard InChI is InChI=1S/C33H34F2N8O4/c1-20-8-9-22(15-24(20)32(45)40(2)3)46-23-10-11-28(47-33(34)35)25(16-23)29-27(19-42(39-29)18-21-7-5-13-41(21)4)38-31(44)26-17-37-43-14-6-12-36-30(26)43/h6,8-12,14-17,19,21,33H,5,7,13,18H2,1-4H3,(H,38,44)/t21-/m1/s1. The number of halogens is 2. The molecule has 0 unspecified atom stereocenters. The molecule has 1 aliphatic rings. The monoisotopic (exact) mass is 644 g/mol. The van der Waals surface area contributed by atoms with E-state index in [0.717, 1.165) is 24.9 Å². The third-order valence-corrected chi connectivity index (χ3v) is 8.11. The Bertz CT molecular complexity index is 1940. The van der Waals surface area contributed by atoms with E-state index in [1.54, 1.807) is 61.6 Å². The van der Waals surface area contributed by atoms with Crippen LogP contribution in [0.15, 0.2) is 67.3 Å². The number of anilines is 1. The summed E-state index contributed by atoms with van der Waals surface area (Å²) in [6.45, 7) is 0.185. The molecule has 0 saturated carbocycles. The van der Waals surface area contributed by atoms with Gasteiger partial charge in [0.15, 0.2) is 5.65 Å². The Hall–Kier alpha value is -5.37. The van der Waals surface area contributed by atoms with Crippen LogP contribution in [0.4, 0.5) is 14.5 Å². The molecular weight excluding hydrogens is 610 g/mol. The molecule has 0 bridgehead atoms. The molecule has 14 heteroatoms. The number of aromatic nitrogens is 5.